The minimum Gasteiger partial charge on any atom is -0.481 e. The molecule has 8 heteroatoms. The largest absolute Gasteiger partial charge is 0.481 e. The Morgan fingerprint density at radius 1 is 1.38 bits per heavy atom. The van der Waals surface area contributed by atoms with Crippen LogP contribution in [0.15, 0.2) is 0 Å². The summed E-state index contributed by atoms with van der Waals surface area (Å²) in [5, 5.41) is 11.4. The van der Waals surface area contributed by atoms with Gasteiger partial charge in [-0.1, -0.05) is 20.3 Å². The van der Waals surface area contributed by atoms with Crippen LogP contribution in [-0.4, -0.2) is 54.6 Å². The Labute approximate surface area is 125 Å². The van der Waals surface area contributed by atoms with Crippen molar-refractivity contribution in [2.75, 3.05) is 18.8 Å². The van der Waals surface area contributed by atoms with Crippen LogP contribution in [-0.2, 0) is 19.6 Å². The molecule has 2 unspecified atom stereocenters. The molecule has 2 atom stereocenters. The Morgan fingerprint density at radius 2 is 2.05 bits per heavy atom. The first-order chi connectivity index (χ1) is 9.79. The SMILES string of the molecule is CCCS(=O)(=O)N1CCCCC1C(=O)NCC(C)C(=O)O. The third-order valence-electron chi connectivity index (χ3n) is 3.58. The zero-order valence-corrected chi connectivity index (χ0v) is 13.4. The van der Waals surface area contributed by atoms with Gasteiger partial charge in [0.15, 0.2) is 0 Å². The van der Waals surface area contributed by atoms with Gasteiger partial charge in [0.25, 0.3) is 0 Å². The van der Waals surface area contributed by atoms with E-state index in [1.807, 2.05) is 0 Å². The lowest BCUT2D eigenvalue weighted by atomic mass is 10.0. The zero-order chi connectivity index (χ0) is 16.0. The number of carboxylic acid groups (broad SMARTS) is 1. The highest BCUT2D eigenvalue weighted by molar-refractivity contribution is 7.89. The van der Waals surface area contributed by atoms with Crippen molar-refractivity contribution in [1.29, 1.82) is 0 Å². The number of sulfonamides is 1. The molecule has 1 saturated heterocycles. The Kier molecular flexibility index (Phi) is 6.60. The molecule has 1 aliphatic rings. The van der Waals surface area contributed by atoms with Crippen LogP contribution < -0.4 is 5.32 Å². The molecule has 0 bridgehead atoms. The van der Waals surface area contributed by atoms with E-state index in [2.05, 4.69) is 5.32 Å². The molecule has 1 amide bonds. The van der Waals surface area contributed by atoms with Crippen LogP contribution >= 0.6 is 0 Å². The topological polar surface area (TPSA) is 104 Å². The summed E-state index contributed by atoms with van der Waals surface area (Å²) < 4.78 is 25.7. The quantitative estimate of drug-likeness (QED) is 0.707. The van der Waals surface area contributed by atoms with Gasteiger partial charge in [-0.05, 0) is 19.3 Å². The van der Waals surface area contributed by atoms with Crippen LogP contribution in [0.25, 0.3) is 0 Å². The smallest absolute Gasteiger partial charge is 0.308 e. The van der Waals surface area contributed by atoms with Gasteiger partial charge in [-0.3, -0.25) is 9.59 Å². The van der Waals surface area contributed by atoms with Gasteiger partial charge in [0.05, 0.1) is 11.7 Å². The predicted molar refractivity (Wildman–Crippen MR) is 78.2 cm³/mol. The van der Waals surface area contributed by atoms with Gasteiger partial charge in [0.1, 0.15) is 6.04 Å². The fourth-order valence-corrected chi connectivity index (χ4v) is 4.08. The minimum absolute atomic E-state index is 0.00628. The van der Waals surface area contributed by atoms with Gasteiger partial charge < -0.3 is 10.4 Å². The highest BCUT2D eigenvalue weighted by Crippen LogP contribution is 2.21. The number of aliphatic carboxylic acids is 1. The van der Waals surface area contributed by atoms with Gasteiger partial charge in [0, 0.05) is 13.1 Å². The summed E-state index contributed by atoms with van der Waals surface area (Å²) in [4.78, 5) is 22.9. The van der Waals surface area contributed by atoms with E-state index in [9.17, 15) is 18.0 Å². The molecule has 7 nitrogen and oxygen atoms in total. The molecule has 0 aliphatic carbocycles. The lowest BCUT2D eigenvalue weighted by Crippen LogP contribution is -2.53. The number of carbonyl (C=O) groups excluding carboxylic acids is 1. The van der Waals surface area contributed by atoms with Crippen LogP contribution in [0.4, 0.5) is 0 Å². The number of carboxylic acids is 1. The minimum atomic E-state index is -3.43. The molecule has 1 rings (SSSR count). The average molecular weight is 320 g/mol. The van der Waals surface area contributed by atoms with E-state index in [-0.39, 0.29) is 12.3 Å². The molecule has 0 aromatic carbocycles. The summed E-state index contributed by atoms with van der Waals surface area (Å²) in [5.41, 5.74) is 0. The van der Waals surface area contributed by atoms with E-state index in [1.165, 1.54) is 11.2 Å². The fourth-order valence-electron chi connectivity index (χ4n) is 2.33. The molecule has 2 N–H and O–H groups in total. The maximum atomic E-state index is 12.2. The summed E-state index contributed by atoms with van der Waals surface area (Å²) in [7, 11) is -3.43. The number of amides is 1. The second kappa shape index (κ2) is 7.74. The first-order valence-electron chi connectivity index (χ1n) is 7.29. The Balaban J connectivity index is 2.73. The average Bonchev–Trinajstić information content (AvgIpc) is 2.44. The monoisotopic (exact) mass is 320 g/mol. The normalized spacial score (nSPS) is 21.7. The molecular weight excluding hydrogens is 296 g/mol. The second-order valence-corrected chi connectivity index (χ2v) is 7.46. The molecule has 0 spiro atoms. The molecule has 0 saturated carbocycles. The van der Waals surface area contributed by atoms with Crippen LogP contribution in [0.5, 0.6) is 0 Å². The molecule has 1 fully saturated rings. The summed E-state index contributed by atoms with van der Waals surface area (Å²) in [6.45, 7) is 3.64. The van der Waals surface area contributed by atoms with Crippen LogP contribution in [0.3, 0.4) is 0 Å². The van der Waals surface area contributed by atoms with Crippen molar-refractivity contribution in [2.24, 2.45) is 5.92 Å². The molecule has 122 valence electrons. The van der Waals surface area contributed by atoms with Gasteiger partial charge in [-0.25, -0.2) is 8.42 Å². The van der Waals surface area contributed by atoms with Crippen molar-refractivity contribution in [3.63, 3.8) is 0 Å². The Morgan fingerprint density at radius 3 is 2.62 bits per heavy atom. The number of hydrogen-bond acceptors (Lipinski definition) is 4. The molecule has 1 aliphatic heterocycles. The standard InChI is InChI=1S/C13H24N2O5S/c1-3-8-21(19,20)15-7-5-4-6-11(15)12(16)14-9-10(2)13(17)18/h10-11H,3-9H2,1-2H3,(H,14,16)(H,17,18). The van der Waals surface area contributed by atoms with Crippen molar-refractivity contribution in [1.82, 2.24) is 9.62 Å². The summed E-state index contributed by atoms with van der Waals surface area (Å²) >= 11 is 0. The van der Waals surface area contributed by atoms with E-state index in [0.29, 0.717) is 19.4 Å². The maximum Gasteiger partial charge on any atom is 0.308 e. The van der Waals surface area contributed by atoms with Crippen LogP contribution in [0.1, 0.15) is 39.5 Å². The van der Waals surface area contributed by atoms with E-state index in [1.54, 1.807) is 6.92 Å². The predicted octanol–water partition coefficient (Wildman–Crippen LogP) is 0.418. The lowest BCUT2D eigenvalue weighted by molar-refractivity contribution is -0.141. The number of rotatable bonds is 7. The van der Waals surface area contributed by atoms with Gasteiger partial charge in [-0.2, -0.15) is 4.31 Å². The zero-order valence-electron chi connectivity index (χ0n) is 12.5. The molecule has 0 aromatic heterocycles. The summed E-state index contributed by atoms with van der Waals surface area (Å²) in [6.07, 6.45) is 2.53. The first-order valence-corrected chi connectivity index (χ1v) is 8.90. The number of piperidine rings is 1. The maximum absolute atomic E-state index is 12.2. The van der Waals surface area contributed by atoms with Gasteiger partial charge >= 0.3 is 5.97 Å². The van der Waals surface area contributed by atoms with E-state index >= 15 is 0 Å². The molecule has 21 heavy (non-hydrogen) atoms. The van der Waals surface area contributed by atoms with Gasteiger partial charge in [-0.15, -0.1) is 0 Å². The lowest BCUT2D eigenvalue weighted by Gasteiger charge is -2.33. The second-order valence-electron chi connectivity index (χ2n) is 5.42. The van der Waals surface area contributed by atoms with E-state index < -0.39 is 33.9 Å². The first kappa shape index (κ1) is 17.9. The van der Waals surface area contributed by atoms with Crippen molar-refractivity contribution < 1.29 is 23.1 Å². The number of carbonyl (C=O) groups is 2. The highest BCUT2D eigenvalue weighted by atomic mass is 32.2. The summed E-state index contributed by atoms with van der Waals surface area (Å²) in [6, 6.07) is -0.712. The van der Waals surface area contributed by atoms with Crippen molar-refractivity contribution in [3.8, 4) is 0 Å². The number of nitrogens with zero attached hydrogens (tertiary/aromatic N) is 1. The number of hydrogen-bond donors (Lipinski definition) is 2. The van der Waals surface area contributed by atoms with Crippen LogP contribution in [0.2, 0.25) is 0 Å². The van der Waals surface area contributed by atoms with E-state index in [4.69, 9.17) is 5.11 Å². The van der Waals surface area contributed by atoms with Crippen LogP contribution in [0, 0.1) is 5.92 Å². The Hall–Kier alpha value is -1.15. The fraction of sp³-hybridized carbons (Fsp3) is 0.846. The third-order valence-corrected chi connectivity index (χ3v) is 5.66. The van der Waals surface area contributed by atoms with Crippen molar-refractivity contribution in [3.05, 3.63) is 0 Å². The molecule has 0 radical (unpaired) electrons. The highest BCUT2D eigenvalue weighted by Gasteiger charge is 2.36. The molecule has 0 aromatic rings. The van der Waals surface area contributed by atoms with Crippen molar-refractivity contribution >= 4 is 21.9 Å². The number of nitrogens with one attached hydrogen (secondary N) is 1. The summed E-state index contributed by atoms with van der Waals surface area (Å²) in [5.74, 6) is -2.06. The van der Waals surface area contributed by atoms with Crippen molar-refractivity contribution in [2.45, 2.75) is 45.6 Å². The van der Waals surface area contributed by atoms with E-state index in [0.717, 1.165) is 12.8 Å². The molecule has 1 heterocycles. The molecular formula is C13H24N2O5S. The van der Waals surface area contributed by atoms with Gasteiger partial charge in [0.2, 0.25) is 15.9 Å². The third kappa shape index (κ3) is 4.96. The Bertz CT molecular complexity index is 477.